The van der Waals surface area contributed by atoms with Crippen LogP contribution in [0.4, 0.5) is 5.69 Å². The van der Waals surface area contributed by atoms with Gasteiger partial charge < -0.3 is 21.4 Å². The second-order valence-electron chi connectivity index (χ2n) is 7.54. The van der Waals surface area contributed by atoms with Crippen LogP contribution in [0.2, 0.25) is 0 Å². The molecule has 0 radical (unpaired) electrons. The van der Waals surface area contributed by atoms with Gasteiger partial charge in [-0.05, 0) is 47.5 Å². The van der Waals surface area contributed by atoms with E-state index in [9.17, 15) is 10.1 Å². The number of nitrogens with two attached hydrogens (primary N) is 2. The van der Waals surface area contributed by atoms with Gasteiger partial charge in [-0.2, -0.15) is 5.26 Å². The van der Waals surface area contributed by atoms with Crippen LogP contribution in [0.3, 0.4) is 0 Å². The maximum Gasteiger partial charge on any atom is 0.268 e. The predicted molar refractivity (Wildman–Crippen MR) is 125 cm³/mol. The summed E-state index contributed by atoms with van der Waals surface area (Å²) >= 11 is 0. The Hall–Kier alpha value is -4.57. The molecular formula is C25H22N6O. The fourth-order valence-corrected chi connectivity index (χ4v) is 3.64. The van der Waals surface area contributed by atoms with Crippen LogP contribution < -0.4 is 16.8 Å². The lowest BCUT2D eigenvalue weighted by molar-refractivity contribution is 0.0942. The van der Waals surface area contributed by atoms with E-state index in [1.165, 1.54) is 0 Å². The zero-order valence-corrected chi connectivity index (χ0v) is 17.3. The Labute approximate surface area is 185 Å². The van der Waals surface area contributed by atoms with Crippen LogP contribution in [-0.4, -0.2) is 16.3 Å². The largest absolute Gasteiger partial charge is 0.399 e. The van der Waals surface area contributed by atoms with Crippen molar-refractivity contribution in [3.05, 3.63) is 101 Å². The average Bonchev–Trinajstić information content (AvgIpc) is 3.15. The molecule has 0 aliphatic heterocycles. The molecule has 0 aliphatic rings. The van der Waals surface area contributed by atoms with Crippen molar-refractivity contribution in [2.75, 3.05) is 5.73 Å². The smallest absolute Gasteiger partial charge is 0.268 e. The Kier molecular flexibility index (Phi) is 5.60. The summed E-state index contributed by atoms with van der Waals surface area (Å²) in [5.74, 6) is -0.211. The second kappa shape index (κ2) is 8.66. The molecule has 0 unspecified atom stereocenters. The molecule has 0 bridgehead atoms. The zero-order valence-electron chi connectivity index (χ0n) is 17.3. The van der Waals surface area contributed by atoms with E-state index in [0.29, 0.717) is 35.6 Å². The summed E-state index contributed by atoms with van der Waals surface area (Å²) in [4.78, 5) is 13.1. The van der Waals surface area contributed by atoms with Gasteiger partial charge in [0.25, 0.3) is 5.91 Å². The van der Waals surface area contributed by atoms with Gasteiger partial charge in [-0.25, -0.2) is 0 Å². The lowest BCUT2D eigenvalue weighted by atomic mass is 10.1. The molecule has 7 nitrogen and oxygen atoms in total. The SMILES string of the molecule is N#Cc1cccc(Cn2c(C(=O)NCc3ccc(C(=N)N)cc3)cc3cc(N)ccc32)c1. The summed E-state index contributed by atoms with van der Waals surface area (Å²) in [6, 6.07) is 24.1. The summed E-state index contributed by atoms with van der Waals surface area (Å²) in [6.45, 7) is 0.781. The van der Waals surface area contributed by atoms with Gasteiger partial charge in [-0.1, -0.05) is 36.4 Å². The van der Waals surface area contributed by atoms with Crippen LogP contribution in [-0.2, 0) is 13.1 Å². The van der Waals surface area contributed by atoms with E-state index in [4.69, 9.17) is 16.9 Å². The zero-order chi connectivity index (χ0) is 22.7. The van der Waals surface area contributed by atoms with Crippen molar-refractivity contribution in [1.29, 1.82) is 10.7 Å². The molecule has 7 heteroatoms. The Morgan fingerprint density at radius 1 is 1.03 bits per heavy atom. The number of amides is 1. The number of nitrogens with one attached hydrogen (secondary N) is 2. The standard InChI is InChI=1S/C25H22N6O/c26-13-17-2-1-3-18(10-17)15-31-22-9-8-21(27)11-20(22)12-23(31)25(32)30-14-16-4-6-19(7-5-16)24(28)29/h1-12H,14-15,27H2,(H3,28,29)(H,30,32). The molecule has 0 saturated carbocycles. The number of hydrogen-bond donors (Lipinski definition) is 4. The first-order valence-corrected chi connectivity index (χ1v) is 10.0. The van der Waals surface area contributed by atoms with Crippen LogP contribution in [0.5, 0.6) is 0 Å². The number of aromatic nitrogens is 1. The molecule has 158 valence electrons. The van der Waals surface area contributed by atoms with Gasteiger partial charge >= 0.3 is 0 Å². The third-order valence-corrected chi connectivity index (χ3v) is 5.27. The monoisotopic (exact) mass is 422 g/mol. The van der Waals surface area contributed by atoms with Gasteiger partial charge in [0.2, 0.25) is 0 Å². The van der Waals surface area contributed by atoms with E-state index in [2.05, 4.69) is 11.4 Å². The highest BCUT2D eigenvalue weighted by Crippen LogP contribution is 2.24. The molecule has 6 N–H and O–H groups in total. The number of rotatable bonds is 6. The molecule has 0 atom stereocenters. The number of amidine groups is 1. The normalized spacial score (nSPS) is 10.6. The van der Waals surface area contributed by atoms with Crippen molar-refractivity contribution in [2.45, 2.75) is 13.1 Å². The molecule has 0 fully saturated rings. The molecule has 4 aromatic rings. The van der Waals surface area contributed by atoms with Crippen LogP contribution in [0.15, 0.2) is 72.8 Å². The van der Waals surface area contributed by atoms with Crippen LogP contribution >= 0.6 is 0 Å². The van der Waals surface area contributed by atoms with Gasteiger partial charge in [-0.3, -0.25) is 10.2 Å². The quantitative estimate of drug-likeness (QED) is 0.215. The van der Waals surface area contributed by atoms with Gasteiger partial charge in [-0.15, -0.1) is 0 Å². The average molecular weight is 422 g/mol. The van der Waals surface area contributed by atoms with E-state index in [1.807, 2.05) is 59.2 Å². The number of carbonyl (C=O) groups is 1. The third-order valence-electron chi connectivity index (χ3n) is 5.27. The number of benzene rings is 3. The number of fused-ring (bicyclic) bond motifs is 1. The van der Waals surface area contributed by atoms with Gasteiger partial charge in [0.15, 0.2) is 0 Å². The number of anilines is 1. The molecule has 1 aromatic heterocycles. The number of hydrogen-bond acceptors (Lipinski definition) is 4. The third kappa shape index (κ3) is 4.30. The first-order valence-electron chi connectivity index (χ1n) is 10.0. The topological polar surface area (TPSA) is 134 Å². The molecule has 1 amide bonds. The molecule has 0 aliphatic carbocycles. The van der Waals surface area contributed by atoms with Crippen molar-refractivity contribution in [1.82, 2.24) is 9.88 Å². The Morgan fingerprint density at radius 3 is 2.53 bits per heavy atom. The lowest BCUT2D eigenvalue weighted by Gasteiger charge is -2.12. The number of carbonyl (C=O) groups excluding carboxylic acids is 1. The second-order valence-corrected chi connectivity index (χ2v) is 7.54. The minimum Gasteiger partial charge on any atom is -0.399 e. The number of nitriles is 1. The Bertz CT molecular complexity index is 1360. The van der Waals surface area contributed by atoms with Crippen molar-refractivity contribution < 1.29 is 4.79 Å². The van der Waals surface area contributed by atoms with Crippen LogP contribution in [0.25, 0.3) is 10.9 Å². The summed E-state index contributed by atoms with van der Waals surface area (Å²) in [6.07, 6.45) is 0. The minimum atomic E-state index is -0.216. The summed E-state index contributed by atoms with van der Waals surface area (Å²) in [7, 11) is 0. The fraction of sp³-hybridized carbons (Fsp3) is 0.0800. The van der Waals surface area contributed by atoms with E-state index < -0.39 is 0 Å². The molecular weight excluding hydrogens is 400 g/mol. The molecule has 4 rings (SSSR count). The van der Waals surface area contributed by atoms with Gasteiger partial charge in [0, 0.05) is 35.2 Å². The summed E-state index contributed by atoms with van der Waals surface area (Å²) in [5, 5.41) is 20.5. The number of nitrogens with zero attached hydrogens (tertiary/aromatic N) is 2. The van der Waals surface area contributed by atoms with E-state index in [0.717, 1.165) is 22.0 Å². The maximum atomic E-state index is 13.1. The van der Waals surface area contributed by atoms with Gasteiger partial charge in [0.05, 0.1) is 11.6 Å². The predicted octanol–water partition coefficient (Wildman–Crippen LogP) is 3.36. The van der Waals surface area contributed by atoms with E-state index >= 15 is 0 Å². The Morgan fingerprint density at radius 2 is 1.81 bits per heavy atom. The molecule has 32 heavy (non-hydrogen) atoms. The van der Waals surface area contributed by atoms with Crippen molar-refractivity contribution in [3.63, 3.8) is 0 Å². The Balaban J connectivity index is 1.63. The minimum absolute atomic E-state index is 0.00448. The van der Waals surface area contributed by atoms with Crippen molar-refractivity contribution >= 4 is 28.3 Å². The molecule has 3 aromatic carbocycles. The van der Waals surface area contributed by atoms with Crippen LogP contribution in [0, 0.1) is 16.7 Å². The van der Waals surface area contributed by atoms with Crippen LogP contribution in [0.1, 0.15) is 32.7 Å². The highest BCUT2D eigenvalue weighted by atomic mass is 16.1. The van der Waals surface area contributed by atoms with E-state index in [1.54, 1.807) is 18.2 Å². The lowest BCUT2D eigenvalue weighted by Crippen LogP contribution is -2.25. The first kappa shape index (κ1) is 20.7. The van der Waals surface area contributed by atoms with Crippen molar-refractivity contribution in [2.24, 2.45) is 5.73 Å². The molecule has 1 heterocycles. The fourth-order valence-electron chi connectivity index (χ4n) is 3.64. The highest BCUT2D eigenvalue weighted by Gasteiger charge is 2.16. The molecule has 0 saturated heterocycles. The van der Waals surface area contributed by atoms with Crippen molar-refractivity contribution in [3.8, 4) is 6.07 Å². The van der Waals surface area contributed by atoms with E-state index in [-0.39, 0.29) is 11.7 Å². The van der Waals surface area contributed by atoms with Gasteiger partial charge in [0.1, 0.15) is 11.5 Å². The first-order chi connectivity index (χ1) is 15.4. The molecule has 0 spiro atoms. The summed E-state index contributed by atoms with van der Waals surface area (Å²) in [5.41, 5.74) is 16.5. The summed E-state index contributed by atoms with van der Waals surface area (Å²) < 4.78 is 1.93. The number of nitrogen functional groups attached to an aromatic ring is 2. The maximum absolute atomic E-state index is 13.1. The highest BCUT2D eigenvalue weighted by molar-refractivity contribution is 5.99.